The van der Waals surface area contributed by atoms with E-state index in [-0.39, 0.29) is 11.9 Å². The van der Waals surface area contributed by atoms with Gasteiger partial charge in [-0.2, -0.15) is 0 Å². The number of halogens is 2. The van der Waals surface area contributed by atoms with Gasteiger partial charge < -0.3 is 5.11 Å². The summed E-state index contributed by atoms with van der Waals surface area (Å²) < 4.78 is 13.3. The van der Waals surface area contributed by atoms with E-state index in [0.29, 0.717) is 5.02 Å². The summed E-state index contributed by atoms with van der Waals surface area (Å²) in [4.78, 5) is 2.13. The molecule has 2 unspecified atom stereocenters. The van der Waals surface area contributed by atoms with Gasteiger partial charge in [0.2, 0.25) is 0 Å². The van der Waals surface area contributed by atoms with E-state index >= 15 is 0 Å². The monoisotopic (exact) mass is 243 g/mol. The zero-order valence-corrected chi connectivity index (χ0v) is 9.91. The van der Waals surface area contributed by atoms with Crippen molar-refractivity contribution in [3.63, 3.8) is 0 Å². The minimum atomic E-state index is -0.433. The third-order valence-electron chi connectivity index (χ3n) is 3.10. The summed E-state index contributed by atoms with van der Waals surface area (Å²) in [5.74, 6) is -0.349. The van der Waals surface area contributed by atoms with Crippen molar-refractivity contribution in [3.05, 3.63) is 34.6 Å². The first-order valence-electron chi connectivity index (χ1n) is 5.50. The van der Waals surface area contributed by atoms with Crippen LogP contribution in [0.5, 0.6) is 0 Å². The second-order valence-corrected chi connectivity index (χ2v) is 4.57. The second kappa shape index (κ2) is 4.70. The normalized spacial score (nSPS) is 26.2. The van der Waals surface area contributed by atoms with Crippen LogP contribution >= 0.6 is 11.6 Å². The van der Waals surface area contributed by atoms with E-state index in [9.17, 15) is 9.50 Å². The van der Waals surface area contributed by atoms with Gasteiger partial charge in [0, 0.05) is 11.6 Å². The predicted octanol–water partition coefficient (Wildman–Crippen LogP) is 2.61. The highest BCUT2D eigenvalue weighted by molar-refractivity contribution is 6.30. The molecular formula is C12H15ClFNO. The standard InChI is InChI=1S/C12H15ClFNO/c1-2-15-4-3-11(16)12(15)8-5-9(13)7-10(14)6-8/h5-7,11-12,16H,2-4H2,1H3. The molecule has 16 heavy (non-hydrogen) atoms. The van der Waals surface area contributed by atoms with Gasteiger partial charge in [0.25, 0.3) is 0 Å². The van der Waals surface area contributed by atoms with Gasteiger partial charge in [-0.3, -0.25) is 4.90 Å². The van der Waals surface area contributed by atoms with E-state index in [1.54, 1.807) is 6.07 Å². The van der Waals surface area contributed by atoms with Crippen LogP contribution in [0.25, 0.3) is 0 Å². The molecule has 2 nitrogen and oxygen atoms in total. The number of hydrogen-bond acceptors (Lipinski definition) is 2. The zero-order chi connectivity index (χ0) is 11.7. The molecule has 4 heteroatoms. The van der Waals surface area contributed by atoms with Crippen molar-refractivity contribution in [2.45, 2.75) is 25.5 Å². The Morgan fingerprint density at radius 1 is 1.50 bits per heavy atom. The third-order valence-corrected chi connectivity index (χ3v) is 3.32. The van der Waals surface area contributed by atoms with Gasteiger partial charge in [0.15, 0.2) is 0 Å². The molecule has 88 valence electrons. The Bertz CT molecular complexity index is 365. The van der Waals surface area contributed by atoms with Gasteiger partial charge in [-0.15, -0.1) is 0 Å². The maximum Gasteiger partial charge on any atom is 0.125 e. The molecule has 1 aromatic rings. The zero-order valence-electron chi connectivity index (χ0n) is 9.16. The number of likely N-dealkylation sites (N-methyl/N-ethyl adjacent to an activating group) is 1. The Hall–Kier alpha value is -0.640. The van der Waals surface area contributed by atoms with Crippen LogP contribution in [0.2, 0.25) is 5.02 Å². The first kappa shape index (κ1) is 11.8. The summed E-state index contributed by atoms with van der Waals surface area (Å²) in [5, 5.41) is 10.3. The Morgan fingerprint density at radius 3 is 2.88 bits per heavy atom. The van der Waals surface area contributed by atoms with Crippen molar-refractivity contribution in [1.82, 2.24) is 4.90 Å². The summed E-state index contributed by atoms with van der Waals surface area (Å²) in [6.07, 6.45) is 0.296. The molecule has 1 saturated heterocycles. The van der Waals surface area contributed by atoms with E-state index < -0.39 is 6.10 Å². The third kappa shape index (κ3) is 2.21. The minimum absolute atomic E-state index is 0.127. The van der Waals surface area contributed by atoms with Gasteiger partial charge in [0.05, 0.1) is 12.1 Å². The molecule has 2 atom stereocenters. The molecule has 0 spiro atoms. The van der Waals surface area contributed by atoms with Crippen molar-refractivity contribution in [2.75, 3.05) is 13.1 Å². The fourth-order valence-electron chi connectivity index (χ4n) is 2.37. The Balaban J connectivity index is 2.34. The van der Waals surface area contributed by atoms with Crippen LogP contribution in [0.1, 0.15) is 24.9 Å². The summed E-state index contributed by atoms with van der Waals surface area (Å²) in [6, 6.07) is 4.33. The van der Waals surface area contributed by atoms with E-state index in [1.807, 2.05) is 6.92 Å². The lowest BCUT2D eigenvalue weighted by molar-refractivity contribution is 0.119. The van der Waals surface area contributed by atoms with Crippen molar-refractivity contribution >= 4 is 11.6 Å². The SMILES string of the molecule is CCN1CCC(O)C1c1cc(F)cc(Cl)c1. The van der Waals surface area contributed by atoms with Gasteiger partial charge in [-0.05, 0) is 36.7 Å². The molecule has 1 fully saturated rings. The first-order chi connectivity index (χ1) is 7.61. The number of benzene rings is 1. The highest BCUT2D eigenvalue weighted by Crippen LogP contribution is 2.33. The van der Waals surface area contributed by atoms with Crippen molar-refractivity contribution in [3.8, 4) is 0 Å². The van der Waals surface area contributed by atoms with Crippen LogP contribution in [0.4, 0.5) is 4.39 Å². The average molecular weight is 244 g/mol. The molecule has 0 aromatic heterocycles. The molecular weight excluding hydrogens is 229 g/mol. The first-order valence-corrected chi connectivity index (χ1v) is 5.87. The quantitative estimate of drug-likeness (QED) is 0.863. The summed E-state index contributed by atoms with van der Waals surface area (Å²) in [5.41, 5.74) is 0.761. The van der Waals surface area contributed by atoms with Gasteiger partial charge in [0.1, 0.15) is 5.82 Å². The predicted molar refractivity (Wildman–Crippen MR) is 62.0 cm³/mol. The van der Waals surface area contributed by atoms with E-state index in [1.165, 1.54) is 12.1 Å². The molecule has 2 rings (SSSR count). The molecule has 1 aliphatic rings. The second-order valence-electron chi connectivity index (χ2n) is 4.13. The highest BCUT2D eigenvalue weighted by atomic mass is 35.5. The lowest BCUT2D eigenvalue weighted by atomic mass is 10.0. The van der Waals surface area contributed by atoms with Crippen LogP contribution in [0.15, 0.2) is 18.2 Å². The number of hydrogen-bond donors (Lipinski definition) is 1. The maximum atomic E-state index is 13.3. The summed E-state index contributed by atoms with van der Waals surface area (Å²) in [7, 11) is 0. The molecule has 0 bridgehead atoms. The summed E-state index contributed by atoms with van der Waals surface area (Å²) >= 11 is 5.83. The van der Waals surface area contributed by atoms with Crippen LogP contribution in [-0.2, 0) is 0 Å². The summed E-state index contributed by atoms with van der Waals surface area (Å²) in [6.45, 7) is 3.72. The minimum Gasteiger partial charge on any atom is -0.391 e. The number of aliphatic hydroxyl groups is 1. The van der Waals surface area contributed by atoms with Gasteiger partial charge in [-0.1, -0.05) is 18.5 Å². The number of rotatable bonds is 2. The van der Waals surface area contributed by atoms with Gasteiger partial charge in [-0.25, -0.2) is 4.39 Å². The van der Waals surface area contributed by atoms with E-state index in [2.05, 4.69) is 4.90 Å². The molecule has 1 heterocycles. The molecule has 0 radical (unpaired) electrons. The maximum absolute atomic E-state index is 13.3. The molecule has 0 amide bonds. The largest absolute Gasteiger partial charge is 0.391 e. The van der Waals surface area contributed by atoms with Crippen molar-refractivity contribution < 1.29 is 9.50 Å². The molecule has 1 aromatic carbocycles. The van der Waals surface area contributed by atoms with Crippen LogP contribution in [0, 0.1) is 5.82 Å². The fourth-order valence-corrected chi connectivity index (χ4v) is 2.60. The lowest BCUT2D eigenvalue weighted by Crippen LogP contribution is -2.27. The fraction of sp³-hybridized carbons (Fsp3) is 0.500. The van der Waals surface area contributed by atoms with Gasteiger partial charge >= 0.3 is 0 Å². The van der Waals surface area contributed by atoms with Crippen LogP contribution in [-0.4, -0.2) is 29.2 Å². The average Bonchev–Trinajstić information content (AvgIpc) is 2.58. The van der Waals surface area contributed by atoms with Crippen LogP contribution < -0.4 is 0 Å². The molecule has 0 aliphatic carbocycles. The van der Waals surface area contributed by atoms with Crippen molar-refractivity contribution in [2.24, 2.45) is 0 Å². The smallest absolute Gasteiger partial charge is 0.125 e. The topological polar surface area (TPSA) is 23.5 Å². The highest BCUT2D eigenvalue weighted by Gasteiger charge is 2.33. The Morgan fingerprint density at radius 2 is 2.25 bits per heavy atom. The Labute approximate surface area is 99.6 Å². The Kier molecular flexibility index (Phi) is 3.47. The number of likely N-dealkylation sites (tertiary alicyclic amines) is 1. The van der Waals surface area contributed by atoms with Crippen molar-refractivity contribution in [1.29, 1.82) is 0 Å². The molecule has 0 saturated carbocycles. The number of nitrogens with zero attached hydrogens (tertiary/aromatic N) is 1. The van der Waals surface area contributed by atoms with E-state index in [0.717, 1.165) is 25.1 Å². The van der Waals surface area contributed by atoms with E-state index in [4.69, 9.17) is 11.6 Å². The lowest BCUT2D eigenvalue weighted by Gasteiger charge is -2.25. The molecule has 1 N–H and O–H groups in total. The number of aliphatic hydroxyl groups excluding tert-OH is 1. The molecule has 1 aliphatic heterocycles. The van der Waals surface area contributed by atoms with Crippen LogP contribution in [0.3, 0.4) is 0 Å².